The number of hydrogen-bond donors (Lipinski definition) is 0. The van der Waals surface area contributed by atoms with Crippen LogP contribution >= 0.6 is 11.3 Å². The van der Waals surface area contributed by atoms with Gasteiger partial charge in [0.1, 0.15) is 4.88 Å². The SMILES string of the molecule is CC(=O)N1c2ccccc2N(C(=O)c2cnc(C3CCCN(C)C3)s2)C[C@@H]1C. The molecule has 0 saturated carbocycles. The Labute approximate surface area is 169 Å². The third-order valence-electron chi connectivity index (χ3n) is 5.61. The van der Waals surface area contributed by atoms with Crippen LogP contribution in [0.2, 0.25) is 0 Å². The molecule has 2 amide bonds. The Bertz CT molecular complexity index is 896. The van der Waals surface area contributed by atoms with Crippen LogP contribution in [0.3, 0.4) is 0 Å². The van der Waals surface area contributed by atoms with E-state index in [9.17, 15) is 9.59 Å². The van der Waals surface area contributed by atoms with E-state index in [4.69, 9.17) is 0 Å². The van der Waals surface area contributed by atoms with E-state index < -0.39 is 0 Å². The number of carbonyl (C=O) groups is 2. The van der Waals surface area contributed by atoms with Crippen LogP contribution < -0.4 is 9.80 Å². The van der Waals surface area contributed by atoms with Crippen molar-refractivity contribution in [2.45, 2.75) is 38.6 Å². The number of nitrogens with zero attached hydrogens (tertiary/aromatic N) is 4. The van der Waals surface area contributed by atoms with Crippen molar-refractivity contribution >= 4 is 34.5 Å². The third kappa shape index (κ3) is 3.44. The monoisotopic (exact) mass is 398 g/mol. The van der Waals surface area contributed by atoms with Crippen molar-refractivity contribution in [2.24, 2.45) is 0 Å². The smallest absolute Gasteiger partial charge is 0.270 e. The molecule has 0 aliphatic carbocycles. The van der Waals surface area contributed by atoms with Crippen molar-refractivity contribution in [1.82, 2.24) is 9.88 Å². The molecule has 1 saturated heterocycles. The number of likely N-dealkylation sites (tertiary alicyclic amines) is 1. The Morgan fingerprint density at radius 1 is 1.18 bits per heavy atom. The second-order valence-electron chi connectivity index (χ2n) is 7.81. The molecule has 2 atom stereocenters. The first-order chi connectivity index (χ1) is 13.5. The highest BCUT2D eigenvalue weighted by Gasteiger charge is 2.34. The van der Waals surface area contributed by atoms with E-state index in [1.807, 2.05) is 31.2 Å². The molecule has 28 heavy (non-hydrogen) atoms. The van der Waals surface area contributed by atoms with Crippen LogP contribution in [0.15, 0.2) is 30.5 Å². The quantitative estimate of drug-likeness (QED) is 0.778. The molecule has 0 spiro atoms. The van der Waals surface area contributed by atoms with Crippen molar-refractivity contribution in [3.63, 3.8) is 0 Å². The van der Waals surface area contributed by atoms with Gasteiger partial charge in [0.05, 0.1) is 28.6 Å². The van der Waals surface area contributed by atoms with E-state index in [1.165, 1.54) is 17.8 Å². The van der Waals surface area contributed by atoms with Crippen molar-refractivity contribution in [3.05, 3.63) is 40.3 Å². The molecule has 4 rings (SSSR count). The predicted molar refractivity (Wildman–Crippen MR) is 112 cm³/mol. The van der Waals surface area contributed by atoms with Crippen LogP contribution in [0.5, 0.6) is 0 Å². The molecule has 0 bridgehead atoms. The second kappa shape index (κ2) is 7.64. The topological polar surface area (TPSA) is 56.8 Å². The van der Waals surface area contributed by atoms with Gasteiger partial charge in [-0.15, -0.1) is 11.3 Å². The van der Waals surface area contributed by atoms with Gasteiger partial charge in [-0.3, -0.25) is 9.59 Å². The van der Waals surface area contributed by atoms with Crippen LogP contribution in [0.4, 0.5) is 11.4 Å². The van der Waals surface area contributed by atoms with Gasteiger partial charge in [-0.1, -0.05) is 12.1 Å². The molecule has 1 aromatic heterocycles. The van der Waals surface area contributed by atoms with Gasteiger partial charge in [-0.25, -0.2) is 4.98 Å². The maximum Gasteiger partial charge on any atom is 0.270 e. The minimum atomic E-state index is -0.0734. The third-order valence-corrected chi connectivity index (χ3v) is 6.76. The van der Waals surface area contributed by atoms with Gasteiger partial charge in [0.25, 0.3) is 5.91 Å². The van der Waals surface area contributed by atoms with Crippen LogP contribution in [0, 0.1) is 0 Å². The Morgan fingerprint density at radius 2 is 1.93 bits per heavy atom. The fraction of sp³-hybridized carbons (Fsp3) is 0.476. The lowest BCUT2D eigenvalue weighted by atomic mass is 9.99. The molecule has 0 N–H and O–H groups in total. The van der Waals surface area contributed by atoms with Crippen LogP contribution in [0.1, 0.15) is 47.3 Å². The van der Waals surface area contributed by atoms with Gasteiger partial charge in [0, 0.05) is 25.9 Å². The van der Waals surface area contributed by atoms with Gasteiger partial charge < -0.3 is 14.7 Å². The minimum Gasteiger partial charge on any atom is -0.306 e. The van der Waals surface area contributed by atoms with Crippen LogP contribution in [-0.2, 0) is 4.79 Å². The zero-order valence-corrected chi connectivity index (χ0v) is 17.4. The average Bonchev–Trinajstić information content (AvgIpc) is 3.16. The molecular weight excluding hydrogens is 372 g/mol. The number of rotatable bonds is 2. The zero-order chi connectivity index (χ0) is 19.8. The number of fused-ring (bicyclic) bond motifs is 1. The summed E-state index contributed by atoms with van der Waals surface area (Å²) in [5.74, 6) is 0.370. The van der Waals surface area contributed by atoms with E-state index in [2.05, 4.69) is 16.9 Å². The summed E-state index contributed by atoms with van der Waals surface area (Å²) in [6.07, 6.45) is 4.02. The number of carbonyl (C=O) groups excluding carboxylic acids is 2. The molecule has 2 aliphatic heterocycles. The van der Waals surface area contributed by atoms with Gasteiger partial charge in [-0.05, 0) is 45.5 Å². The lowest BCUT2D eigenvalue weighted by Crippen LogP contribution is -2.51. The summed E-state index contributed by atoms with van der Waals surface area (Å²) in [6.45, 7) is 6.16. The van der Waals surface area contributed by atoms with E-state index in [-0.39, 0.29) is 17.9 Å². The highest BCUT2D eigenvalue weighted by molar-refractivity contribution is 7.13. The second-order valence-corrected chi connectivity index (χ2v) is 8.87. The first-order valence-corrected chi connectivity index (χ1v) is 10.6. The number of hydrogen-bond acceptors (Lipinski definition) is 5. The molecule has 1 unspecified atom stereocenters. The molecule has 2 aliphatic rings. The summed E-state index contributed by atoms with van der Waals surface area (Å²) in [4.78, 5) is 36.6. The highest BCUT2D eigenvalue weighted by Crippen LogP contribution is 2.37. The Morgan fingerprint density at radius 3 is 2.64 bits per heavy atom. The number of amides is 2. The standard InChI is InChI=1S/C21H26N4O2S/c1-14-12-24(17-8-4-5-9-18(17)25(14)15(2)26)21(27)19-11-22-20(28-19)16-7-6-10-23(3)13-16/h4-5,8-9,11,14,16H,6-7,10,12-13H2,1-3H3/t14-,16?/m0/s1. The number of likely N-dealkylation sites (N-methyl/N-ethyl adjacent to an activating group) is 1. The molecule has 1 fully saturated rings. The largest absolute Gasteiger partial charge is 0.306 e. The summed E-state index contributed by atoms with van der Waals surface area (Å²) < 4.78 is 0. The molecule has 0 radical (unpaired) electrons. The molecule has 3 heterocycles. The Balaban J connectivity index is 1.62. The van der Waals surface area contributed by atoms with Gasteiger partial charge in [0.15, 0.2) is 0 Å². The van der Waals surface area contributed by atoms with E-state index in [0.29, 0.717) is 17.3 Å². The maximum atomic E-state index is 13.3. The maximum absolute atomic E-state index is 13.3. The van der Waals surface area contributed by atoms with Crippen LogP contribution in [0.25, 0.3) is 0 Å². The Hall–Kier alpha value is -2.25. The van der Waals surface area contributed by atoms with Gasteiger partial charge in [-0.2, -0.15) is 0 Å². The van der Waals surface area contributed by atoms with Crippen molar-refractivity contribution in [1.29, 1.82) is 0 Å². The normalized spacial score (nSPS) is 22.8. The lowest BCUT2D eigenvalue weighted by Gasteiger charge is -2.40. The number of aromatic nitrogens is 1. The summed E-state index contributed by atoms with van der Waals surface area (Å²) in [5.41, 5.74) is 1.58. The first kappa shape index (κ1) is 19.1. The van der Waals surface area contributed by atoms with Gasteiger partial charge in [0.2, 0.25) is 5.91 Å². The number of anilines is 2. The van der Waals surface area contributed by atoms with Crippen molar-refractivity contribution < 1.29 is 9.59 Å². The fourth-order valence-corrected chi connectivity index (χ4v) is 5.32. The van der Waals surface area contributed by atoms with E-state index >= 15 is 0 Å². The minimum absolute atomic E-state index is 0.00598. The number of thiazole rings is 1. The zero-order valence-electron chi connectivity index (χ0n) is 16.6. The number of para-hydroxylation sites is 2. The first-order valence-electron chi connectivity index (χ1n) is 9.80. The van der Waals surface area contributed by atoms with Crippen molar-refractivity contribution in [2.75, 3.05) is 36.5 Å². The van der Waals surface area contributed by atoms with Crippen molar-refractivity contribution in [3.8, 4) is 0 Å². The summed E-state index contributed by atoms with van der Waals surface area (Å²) >= 11 is 1.52. The Kier molecular flexibility index (Phi) is 5.21. The lowest BCUT2D eigenvalue weighted by molar-refractivity contribution is -0.117. The average molecular weight is 399 g/mol. The fourth-order valence-electron chi connectivity index (χ4n) is 4.33. The summed E-state index contributed by atoms with van der Waals surface area (Å²) in [5, 5.41) is 1.05. The van der Waals surface area contributed by atoms with E-state index in [0.717, 1.165) is 35.9 Å². The van der Waals surface area contributed by atoms with Gasteiger partial charge >= 0.3 is 0 Å². The molecule has 6 nitrogen and oxygen atoms in total. The predicted octanol–water partition coefficient (Wildman–Crippen LogP) is 3.35. The number of benzene rings is 1. The molecule has 1 aromatic carbocycles. The van der Waals surface area contributed by atoms with E-state index in [1.54, 1.807) is 22.9 Å². The number of piperidine rings is 1. The molecule has 2 aromatic rings. The summed E-state index contributed by atoms with van der Waals surface area (Å²) in [7, 11) is 2.14. The highest BCUT2D eigenvalue weighted by atomic mass is 32.1. The van der Waals surface area contributed by atoms with Crippen LogP contribution in [-0.4, -0.2) is 54.4 Å². The molecule has 7 heteroatoms. The summed E-state index contributed by atoms with van der Waals surface area (Å²) in [6, 6.07) is 7.55. The molecular formula is C21H26N4O2S. The molecule has 148 valence electrons.